The van der Waals surface area contributed by atoms with Gasteiger partial charge in [-0.15, -0.1) is 0 Å². The van der Waals surface area contributed by atoms with Gasteiger partial charge in [-0.05, 0) is 50.8 Å². The summed E-state index contributed by atoms with van der Waals surface area (Å²) in [5, 5.41) is 7.12. The van der Waals surface area contributed by atoms with E-state index < -0.39 is 6.04 Å². The number of carbonyl (C=O) groups excluding carboxylic acids is 2. The Labute approximate surface area is 182 Å². The highest BCUT2D eigenvalue weighted by atomic mass is 19.1. The number of ketones is 1. The van der Waals surface area contributed by atoms with Gasteiger partial charge in [0.05, 0.1) is 12.6 Å². The molecule has 1 aliphatic heterocycles. The molecule has 0 bridgehead atoms. The fourth-order valence-corrected chi connectivity index (χ4v) is 3.71. The zero-order chi connectivity index (χ0) is 22.8. The molecule has 1 amide bonds. The fourth-order valence-electron chi connectivity index (χ4n) is 3.71. The van der Waals surface area contributed by atoms with Crippen LogP contribution >= 0.6 is 0 Å². The molecule has 1 aromatic carbocycles. The number of aromatic nitrogens is 2. The summed E-state index contributed by atoms with van der Waals surface area (Å²) in [5.41, 5.74) is 0.256. The zero-order valence-electron chi connectivity index (χ0n) is 18.9. The van der Waals surface area contributed by atoms with Crippen LogP contribution in [0.15, 0.2) is 28.8 Å². The van der Waals surface area contributed by atoms with Crippen LogP contribution in [-0.2, 0) is 16.6 Å². The third kappa shape index (κ3) is 5.76. The van der Waals surface area contributed by atoms with E-state index in [9.17, 15) is 14.0 Å². The van der Waals surface area contributed by atoms with Crippen LogP contribution in [0.1, 0.15) is 69.5 Å². The van der Waals surface area contributed by atoms with E-state index in [-0.39, 0.29) is 40.8 Å². The predicted octanol–water partition coefficient (Wildman–Crippen LogP) is 3.29. The maximum atomic E-state index is 13.1. The Balaban J connectivity index is 1.60. The van der Waals surface area contributed by atoms with Crippen molar-refractivity contribution in [3.63, 3.8) is 0 Å². The zero-order valence-corrected chi connectivity index (χ0v) is 18.9. The highest BCUT2D eigenvalue weighted by molar-refractivity contribution is 5.99. The van der Waals surface area contributed by atoms with Gasteiger partial charge in [-0.2, -0.15) is 4.98 Å². The standard InChI is InChI=1S/C23H31FN4O3/c1-22(2,3)21-26-20(27-31-21)19(30)17-7-6-12-28(17)18(29)14-25-23(4,5)13-15-8-10-16(24)11-9-15/h8-11,17,25H,6-7,12-14H2,1-5H3. The summed E-state index contributed by atoms with van der Waals surface area (Å²) in [4.78, 5) is 31.7. The quantitative estimate of drug-likeness (QED) is 0.678. The SMILES string of the molecule is CC(C)(Cc1ccc(F)cc1)NCC(=O)N1CCCC1C(=O)c1noc(C(C)(C)C)n1. The maximum Gasteiger partial charge on any atom is 0.240 e. The van der Waals surface area contributed by atoms with Gasteiger partial charge in [0.1, 0.15) is 5.82 Å². The maximum absolute atomic E-state index is 13.1. The molecule has 2 heterocycles. The van der Waals surface area contributed by atoms with Crippen molar-refractivity contribution in [3.8, 4) is 0 Å². The van der Waals surface area contributed by atoms with Gasteiger partial charge in [-0.3, -0.25) is 9.59 Å². The Morgan fingerprint density at radius 1 is 1.19 bits per heavy atom. The lowest BCUT2D eigenvalue weighted by Crippen LogP contribution is -2.50. The van der Waals surface area contributed by atoms with Crippen molar-refractivity contribution < 1.29 is 18.5 Å². The Hall–Kier alpha value is -2.61. The number of carbonyl (C=O) groups is 2. The molecular weight excluding hydrogens is 399 g/mol. The van der Waals surface area contributed by atoms with Crippen LogP contribution in [0.3, 0.4) is 0 Å². The van der Waals surface area contributed by atoms with Gasteiger partial charge in [-0.1, -0.05) is 38.1 Å². The summed E-state index contributed by atoms with van der Waals surface area (Å²) in [6.45, 7) is 10.4. The van der Waals surface area contributed by atoms with E-state index in [1.54, 1.807) is 17.0 Å². The summed E-state index contributed by atoms with van der Waals surface area (Å²) in [6, 6.07) is 5.78. The first-order valence-electron chi connectivity index (χ1n) is 10.6. The largest absolute Gasteiger partial charge is 0.338 e. The van der Waals surface area contributed by atoms with E-state index in [0.717, 1.165) is 12.0 Å². The number of amides is 1. The summed E-state index contributed by atoms with van der Waals surface area (Å²) in [7, 11) is 0. The van der Waals surface area contributed by atoms with E-state index in [1.807, 2.05) is 34.6 Å². The van der Waals surface area contributed by atoms with Crippen molar-refractivity contribution in [2.75, 3.05) is 13.1 Å². The third-order valence-corrected chi connectivity index (χ3v) is 5.44. The van der Waals surface area contributed by atoms with Crippen molar-refractivity contribution in [1.29, 1.82) is 0 Å². The minimum absolute atomic E-state index is 0.0271. The van der Waals surface area contributed by atoms with E-state index >= 15 is 0 Å². The molecule has 7 nitrogen and oxygen atoms in total. The molecule has 1 aliphatic rings. The number of nitrogens with one attached hydrogen (secondary N) is 1. The molecule has 1 aromatic heterocycles. The first-order chi connectivity index (χ1) is 14.5. The molecule has 2 aromatic rings. The molecule has 0 spiro atoms. The number of nitrogens with zero attached hydrogens (tertiary/aromatic N) is 3. The molecule has 0 saturated carbocycles. The first-order valence-corrected chi connectivity index (χ1v) is 10.6. The minimum Gasteiger partial charge on any atom is -0.338 e. The van der Waals surface area contributed by atoms with Gasteiger partial charge < -0.3 is 14.7 Å². The molecule has 3 rings (SSSR count). The molecule has 1 unspecified atom stereocenters. The van der Waals surface area contributed by atoms with Gasteiger partial charge >= 0.3 is 0 Å². The number of likely N-dealkylation sites (tertiary alicyclic amines) is 1. The van der Waals surface area contributed by atoms with Crippen LogP contribution in [0.5, 0.6) is 0 Å². The molecular formula is C23H31FN4O3. The van der Waals surface area contributed by atoms with Crippen molar-refractivity contribution in [2.24, 2.45) is 0 Å². The average molecular weight is 431 g/mol. The molecule has 1 saturated heterocycles. The number of halogens is 1. The second-order valence-electron chi connectivity index (χ2n) is 9.82. The van der Waals surface area contributed by atoms with Gasteiger partial charge in [0.2, 0.25) is 23.4 Å². The molecule has 1 N–H and O–H groups in total. The van der Waals surface area contributed by atoms with Crippen LogP contribution in [0.25, 0.3) is 0 Å². The lowest BCUT2D eigenvalue weighted by Gasteiger charge is -2.29. The molecule has 31 heavy (non-hydrogen) atoms. The summed E-state index contributed by atoms with van der Waals surface area (Å²) >= 11 is 0. The topological polar surface area (TPSA) is 88.3 Å². The van der Waals surface area contributed by atoms with E-state index in [0.29, 0.717) is 25.3 Å². The van der Waals surface area contributed by atoms with Crippen molar-refractivity contribution in [1.82, 2.24) is 20.4 Å². The Bertz CT molecular complexity index is 931. The molecule has 8 heteroatoms. The second kappa shape index (κ2) is 8.86. The molecule has 1 fully saturated rings. The Kier molecular flexibility index (Phi) is 6.59. The van der Waals surface area contributed by atoms with Crippen LogP contribution in [0.4, 0.5) is 4.39 Å². The van der Waals surface area contributed by atoms with Crippen LogP contribution in [0, 0.1) is 5.82 Å². The minimum atomic E-state index is -0.570. The molecule has 1 atom stereocenters. The smallest absolute Gasteiger partial charge is 0.240 e. The lowest BCUT2D eigenvalue weighted by molar-refractivity contribution is -0.130. The van der Waals surface area contributed by atoms with Gasteiger partial charge in [0.15, 0.2) is 0 Å². The monoisotopic (exact) mass is 430 g/mol. The normalized spacial score (nSPS) is 17.2. The van der Waals surface area contributed by atoms with Gasteiger partial charge in [0, 0.05) is 17.5 Å². The van der Waals surface area contributed by atoms with E-state index in [2.05, 4.69) is 15.5 Å². The van der Waals surface area contributed by atoms with Gasteiger partial charge in [0.25, 0.3) is 0 Å². The fraction of sp³-hybridized carbons (Fsp3) is 0.565. The van der Waals surface area contributed by atoms with Crippen LogP contribution < -0.4 is 5.32 Å². The molecule has 168 valence electrons. The first kappa shape index (κ1) is 23.1. The second-order valence-corrected chi connectivity index (χ2v) is 9.82. The number of Topliss-reactive ketones (excluding diaryl/α,β-unsaturated/α-hetero) is 1. The third-order valence-electron chi connectivity index (χ3n) is 5.44. The van der Waals surface area contributed by atoms with Crippen molar-refractivity contribution in [2.45, 2.75) is 70.9 Å². The highest BCUT2D eigenvalue weighted by Gasteiger charge is 2.37. The van der Waals surface area contributed by atoms with Gasteiger partial charge in [-0.25, -0.2) is 4.39 Å². The van der Waals surface area contributed by atoms with E-state index in [1.165, 1.54) is 12.1 Å². The predicted molar refractivity (Wildman–Crippen MR) is 114 cm³/mol. The number of hydrogen-bond donors (Lipinski definition) is 1. The summed E-state index contributed by atoms with van der Waals surface area (Å²) in [6.07, 6.45) is 1.98. The number of rotatable bonds is 7. The van der Waals surface area contributed by atoms with Crippen LogP contribution in [0.2, 0.25) is 0 Å². The Morgan fingerprint density at radius 3 is 2.48 bits per heavy atom. The van der Waals surface area contributed by atoms with Crippen molar-refractivity contribution >= 4 is 11.7 Å². The summed E-state index contributed by atoms with van der Waals surface area (Å²) in [5.74, 6) is -0.265. The number of benzene rings is 1. The molecule has 0 radical (unpaired) electrons. The summed E-state index contributed by atoms with van der Waals surface area (Å²) < 4.78 is 18.4. The number of hydrogen-bond acceptors (Lipinski definition) is 6. The average Bonchev–Trinajstić information content (AvgIpc) is 3.37. The van der Waals surface area contributed by atoms with E-state index in [4.69, 9.17) is 4.52 Å². The van der Waals surface area contributed by atoms with Crippen LogP contribution in [-0.4, -0.2) is 51.4 Å². The molecule has 0 aliphatic carbocycles. The lowest BCUT2D eigenvalue weighted by atomic mass is 9.95. The van der Waals surface area contributed by atoms with Crippen molar-refractivity contribution in [3.05, 3.63) is 47.4 Å². The Morgan fingerprint density at radius 2 is 1.87 bits per heavy atom. The highest BCUT2D eigenvalue weighted by Crippen LogP contribution is 2.24.